The van der Waals surface area contributed by atoms with Gasteiger partial charge < -0.3 is 45.9 Å². The van der Waals surface area contributed by atoms with Crippen molar-refractivity contribution in [3.8, 4) is 0 Å². The summed E-state index contributed by atoms with van der Waals surface area (Å²) in [6.07, 6.45) is -2.16. The van der Waals surface area contributed by atoms with Crippen LogP contribution in [0.4, 0.5) is 9.59 Å². The minimum atomic E-state index is -1.59. The number of carbonyl (C=O) groups excluding carboxylic acids is 4. The van der Waals surface area contributed by atoms with Crippen LogP contribution in [-0.4, -0.2) is 107 Å². The zero-order valence-corrected chi connectivity index (χ0v) is 31.4. The number of ether oxygens (including phenoxy) is 2. The Morgan fingerprint density at radius 1 is 0.704 bits per heavy atom. The van der Waals surface area contributed by atoms with Crippen molar-refractivity contribution in [2.45, 2.75) is 83.5 Å². The van der Waals surface area contributed by atoms with Gasteiger partial charge in [-0.3, -0.25) is 14.6 Å². The normalized spacial score (nSPS) is 16.3. The van der Waals surface area contributed by atoms with Gasteiger partial charge in [-0.25, -0.2) is 9.59 Å². The number of carbonyl (C=O) groups is 4. The Labute approximate surface area is 317 Å². The van der Waals surface area contributed by atoms with E-state index in [1.165, 1.54) is 0 Å². The Bertz CT molecular complexity index is 1610. The number of urea groups is 1. The summed E-state index contributed by atoms with van der Waals surface area (Å²) in [5, 5.41) is 35.0. The van der Waals surface area contributed by atoms with Gasteiger partial charge in [0.05, 0.1) is 31.0 Å². The highest BCUT2D eigenvalue weighted by Crippen LogP contribution is 2.17. The summed E-state index contributed by atoms with van der Waals surface area (Å²) in [5.41, 5.74) is 2.09. The molecule has 0 unspecified atom stereocenters. The molecule has 14 nitrogen and oxygen atoms in total. The molecule has 1 fully saturated rings. The second kappa shape index (κ2) is 21.0. The summed E-state index contributed by atoms with van der Waals surface area (Å²) in [4.78, 5) is 59.3. The molecule has 2 aromatic carbocycles. The molecule has 292 valence electrons. The maximum Gasteiger partial charge on any atom is 0.408 e. The molecule has 1 aliphatic heterocycles. The fourth-order valence-electron chi connectivity index (χ4n) is 6.12. The number of aliphatic hydroxyl groups is 2. The zero-order valence-electron chi connectivity index (χ0n) is 31.4. The number of hydrogen-bond acceptors (Lipinski definition) is 9. The molecule has 0 spiro atoms. The Morgan fingerprint density at radius 2 is 1.19 bits per heavy atom. The van der Waals surface area contributed by atoms with Crippen molar-refractivity contribution in [2.75, 3.05) is 26.3 Å². The van der Waals surface area contributed by atoms with Gasteiger partial charge in [0, 0.05) is 19.3 Å². The molecule has 1 aromatic heterocycles. The van der Waals surface area contributed by atoms with Crippen molar-refractivity contribution >= 4 is 23.9 Å². The van der Waals surface area contributed by atoms with Crippen LogP contribution in [0.25, 0.3) is 0 Å². The Balaban J connectivity index is 1.54. The van der Waals surface area contributed by atoms with Crippen molar-refractivity contribution < 1.29 is 38.9 Å². The van der Waals surface area contributed by atoms with Crippen molar-refractivity contribution in [2.24, 2.45) is 11.8 Å². The van der Waals surface area contributed by atoms with E-state index in [1.807, 2.05) is 60.7 Å². The van der Waals surface area contributed by atoms with Crippen LogP contribution < -0.4 is 21.3 Å². The summed E-state index contributed by atoms with van der Waals surface area (Å²) in [7, 11) is 0. The van der Waals surface area contributed by atoms with Gasteiger partial charge >= 0.3 is 12.1 Å². The van der Waals surface area contributed by atoms with Gasteiger partial charge in [0.25, 0.3) is 0 Å². The van der Waals surface area contributed by atoms with E-state index >= 15 is 0 Å². The fourth-order valence-corrected chi connectivity index (χ4v) is 6.12. The number of benzene rings is 2. The first-order valence-electron chi connectivity index (χ1n) is 18.4. The minimum Gasteiger partial charge on any atom is -0.443 e. The van der Waals surface area contributed by atoms with Crippen LogP contribution in [-0.2, 0) is 38.5 Å². The molecule has 6 atom stereocenters. The van der Waals surface area contributed by atoms with Crippen LogP contribution >= 0.6 is 0 Å². The molecular formula is C40H54N6O8. The molecule has 6 N–H and O–H groups in total. The van der Waals surface area contributed by atoms with E-state index in [4.69, 9.17) is 9.47 Å². The lowest BCUT2D eigenvalue weighted by Crippen LogP contribution is -2.62. The number of alkyl carbamates (subject to hydrolysis) is 1. The lowest BCUT2D eigenvalue weighted by atomic mass is 9.90. The molecule has 0 bridgehead atoms. The predicted octanol–water partition coefficient (Wildman–Crippen LogP) is 2.58. The predicted molar refractivity (Wildman–Crippen MR) is 202 cm³/mol. The molecule has 0 saturated carbocycles. The van der Waals surface area contributed by atoms with Crippen LogP contribution in [0.2, 0.25) is 0 Å². The van der Waals surface area contributed by atoms with Gasteiger partial charge in [-0.2, -0.15) is 0 Å². The molecule has 0 radical (unpaired) electrons. The highest BCUT2D eigenvalue weighted by Gasteiger charge is 2.38. The van der Waals surface area contributed by atoms with Crippen molar-refractivity contribution in [3.05, 3.63) is 102 Å². The number of pyridine rings is 1. The van der Waals surface area contributed by atoms with E-state index in [0.717, 1.165) is 11.1 Å². The number of amides is 5. The summed E-state index contributed by atoms with van der Waals surface area (Å²) < 4.78 is 10.7. The van der Waals surface area contributed by atoms with Crippen LogP contribution in [0.5, 0.6) is 0 Å². The van der Waals surface area contributed by atoms with Gasteiger partial charge in [-0.15, -0.1) is 0 Å². The first kappa shape index (κ1) is 41.7. The molecule has 2 heterocycles. The summed E-state index contributed by atoms with van der Waals surface area (Å²) in [6, 6.07) is 19.1. The van der Waals surface area contributed by atoms with Gasteiger partial charge in [0.1, 0.15) is 30.9 Å². The Morgan fingerprint density at radius 3 is 1.65 bits per heavy atom. The molecule has 4 rings (SSSR count). The van der Waals surface area contributed by atoms with Gasteiger partial charge in [0.15, 0.2) is 0 Å². The summed E-state index contributed by atoms with van der Waals surface area (Å²) in [5.74, 6) is -1.81. The minimum absolute atomic E-state index is 0.0935. The van der Waals surface area contributed by atoms with E-state index in [1.54, 1.807) is 57.0 Å². The van der Waals surface area contributed by atoms with Crippen molar-refractivity contribution in [3.63, 3.8) is 0 Å². The molecule has 54 heavy (non-hydrogen) atoms. The van der Waals surface area contributed by atoms with E-state index in [-0.39, 0.29) is 31.3 Å². The van der Waals surface area contributed by atoms with Gasteiger partial charge in [0.2, 0.25) is 11.8 Å². The second-order valence-corrected chi connectivity index (χ2v) is 14.1. The maximum absolute atomic E-state index is 13.9. The third kappa shape index (κ3) is 12.8. The molecule has 1 saturated heterocycles. The first-order chi connectivity index (χ1) is 25.9. The van der Waals surface area contributed by atoms with E-state index in [0.29, 0.717) is 32.0 Å². The number of aromatic nitrogens is 1. The van der Waals surface area contributed by atoms with Crippen LogP contribution in [0.1, 0.15) is 44.5 Å². The average Bonchev–Trinajstić information content (AvgIpc) is 3.18. The van der Waals surface area contributed by atoms with Crippen LogP contribution in [0.3, 0.4) is 0 Å². The number of hydrogen-bond donors (Lipinski definition) is 6. The Kier molecular flexibility index (Phi) is 16.2. The maximum atomic E-state index is 13.9. The van der Waals surface area contributed by atoms with Crippen molar-refractivity contribution in [1.29, 1.82) is 0 Å². The lowest BCUT2D eigenvalue weighted by molar-refractivity contribution is -0.129. The molecule has 3 aromatic rings. The zero-order chi connectivity index (χ0) is 39.0. The molecule has 0 aliphatic carbocycles. The number of morpholine rings is 1. The van der Waals surface area contributed by atoms with Gasteiger partial charge in [-0.05, 0) is 47.9 Å². The van der Waals surface area contributed by atoms with Crippen LogP contribution in [0.15, 0.2) is 85.1 Å². The molecule has 1 aliphatic rings. The van der Waals surface area contributed by atoms with Crippen LogP contribution in [0, 0.1) is 11.8 Å². The monoisotopic (exact) mass is 746 g/mol. The van der Waals surface area contributed by atoms with Gasteiger partial charge in [-0.1, -0.05) is 94.4 Å². The summed E-state index contributed by atoms with van der Waals surface area (Å²) in [6.45, 7) is 8.64. The van der Waals surface area contributed by atoms with E-state index in [2.05, 4.69) is 26.3 Å². The third-order valence-electron chi connectivity index (χ3n) is 9.25. The Hall–Kier alpha value is -5.05. The van der Waals surface area contributed by atoms with E-state index in [9.17, 15) is 29.4 Å². The number of aliphatic hydroxyl groups excluding tert-OH is 2. The molecular weight excluding hydrogens is 692 g/mol. The quantitative estimate of drug-likeness (QED) is 0.121. The van der Waals surface area contributed by atoms with E-state index < -0.39 is 60.3 Å². The number of nitrogens with zero attached hydrogens (tertiary/aromatic N) is 2. The number of nitrogens with one attached hydrogen (secondary N) is 4. The number of rotatable bonds is 17. The standard InChI is InChI=1S/C40H54N6O8/c1-26(2)33(44-39(51)46-19-21-53-22-20-46)37(49)42-31(23-28-13-7-5-8-14-28)35(47)36(48)32(24-29-15-9-6-10-16-29)43-38(50)34(27(3)4)45-40(52)54-25-30-17-11-12-18-41-30/h5-18,26-27,31-36,47-48H,19-25H2,1-4H3,(H,42,49)(H,43,50)(H,44,51)(H,45,52)/t31-,32-,33-,34-,35-,36-/m0/s1. The molecule has 14 heteroatoms. The summed E-state index contributed by atoms with van der Waals surface area (Å²) >= 11 is 0. The lowest BCUT2D eigenvalue weighted by Gasteiger charge is -2.35. The third-order valence-corrected chi connectivity index (χ3v) is 9.25. The van der Waals surface area contributed by atoms with Crippen molar-refractivity contribution in [1.82, 2.24) is 31.2 Å². The highest BCUT2D eigenvalue weighted by molar-refractivity contribution is 5.88. The largest absolute Gasteiger partial charge is 0.443 e. The highest BCUT2D eigenvalue weighted by atomic mass is 16.5. The average molecular weight is 747 g/mol. The smallest absolute Gasteiger partial charge is 0.408 e. The second-order valence-electron chi connectivity index (χ2n) is 14.1. The molecule has 5 amide bonds. The topological polar surface area (TPSA) is 191 Å². The fraction of sp³-hybridized carbons (Fsp3) is 0.475. The first-order valence-corrected chi connectivity index (χ1v) is 18.4. The SMILES string of the molecule is CC(C)[C@H](NC(=O)OCc1ccccn1)C(=O)N[C@@H](Cc1ccccc1)[C@H](O)[C@@H](O)[C@H](Cc1ccccc1)NC(=O)[C@@H](NC(=O)N1CCOCC1)C(C)C.